The summed E-state index contributed by atoms with van der Waals surface area (Å²) >= 11 is 1.74. The summed E-state index contributed by atoms with van der Waals surface area (Å²) in [4.78, 5) is 41.5. The summed E-state index contributed by atoms with van der Waals surface area (Å²) in [5.74, 6) is 0.566. The average Bonchev–Trinajstić information content (AvgIpc) is 3.13. The molecule has 3 atom stereocenters. The minimum absolute atomic E-state index is 0.0537. The van der Waals surface area contributed by atoms with Crippen molar-refractivity contribution in [1.82, 2.24) is 9.58 Å². The van der Waals surface area contributed by atoms with Crippen LogP contribution in [0.1, 0.15) is 55.2 Å². The van der Waals surface area contributed by atoms with E-state index in [0.29, 0.717) is 18.9 Å². The van der Waals surface area contributed by atoms with Gasteiger partial charge in [-0.15, -0.1) is 11.8 Å². The number of alkyl halides is 1. The van der Waals surface area contributed by atoms with Gasteiger partial charge in [0.1, 0.15) is 12.8 Å². The van der Waals surface area contributed by atoms with Gasteiger partial charge in [-0.3, -0.25) is 19.3 Å². The molecule has 1 aromatic heterocycles. The highest BCUT2D eigenvalue weighted by atomic mass is 32.2. The summed E-state index contributed by atoms with van der Waals surface area (Å²) in [6.45, 7) is 3.58. The molecule has 3 aliphatic rings. The molecule has 4 heterocycles. The molecule has 0 bridgehead atoms. The molecule has 1 amide bonds. The number of benzene rings is 1. The molecule has 1 saturated heterocycles. The number of pyridine rings is 1. The van der Waals surface area contributed by atoms with Gasteiger partial charge in [0.15, 0.2) is 5.69 Å². The van der Waals surface area contributed by atoms with Gasteiger partial charge in [0.05, 0.1) is 13.2 Å². The first-order chi connectivity index (χ1) is 19.9. The number of halogens is 1. The molecule has 0 aliphatic carbocycles. The zero-order valence-corrected chi connectivity index (χ0v) is 24.2. The van der Waals surface area contributed by atoms with Gasteiger partial charge in [0.25, 0.3) is 5.91 Å². The molecule has 11 heteroatoms. The number of fused-ring (bicyclic) bond motifs is 3. The molecule has 0 unspecified atom stereocenters. The number of carbonyl (C=O) groups is 2. The summed E-state index contributed by atoms with van der Waals surface area (Å²) in [6, 6.07) is 9.11. The highest BCUT2D eigenvalue weighted by Gasteiger charge is 2.46. The second-order valence-electron chi connectivity index (χ2n) is 10.2. The normalized spacial score (nSPS) is 22.1. The quantitative estimate of drug-likeness (QED) is 0.325. The minimum atomic E-state index is -0.970. The van der Waals surface area contributed by atoms with E-state index in [9.17, 15) is 18.8 Å². The predicted octanol–water partition coefficient (Wildman–Crippen LogP) is 5.20. The number of allylic oxidation sites excluding steroid dienone is 1. The third kappa shape index (κ3) is 5.47. The van der Waals surface area contributed by atoms with Gasteiger partial charge in [0, 0.05) is 29.5 Å². The van der Waals surface area contributed by atoms with Gasteiger partial charge in [0.2, 0.25) is 18.0 Å². The molecule has 3 aliphatic heterocycles. The molecule has 41 heavy (non-hydrogen) atoms. The van der Waals surface area contributed by atoms with Crippen LogP contribution in [-0.4, -0.2) is 60.7 Å². The van der Waals surface area contributed by atoms with Gasteiger partial charge in [-0.2, -0.15) is 0 Å². The topological polar surface area (TPSA) is 90.3 Å². The molecule has 0 spiro atoms. The lowest BCUT2D eigenvalue weighted by atomic mass is 9.89. The number of piperidine rings is 1. The second kappa shape index (κ2) is 12.4. The average molecular weight is 584 g/mol. The van der Waals surface area contributed by atoms with E-state index in [1.165, 1.54) is 17.7 Å². The van der Waals surface area contributed by atoms with Gasteiger partial charge in [-0.1, -0.05) is 49.8 Å². The van der Waals surface area contributed by atoms with Crippen LogP contribution in [0.2, 0.25) is 0 Å². The number of nitrogens with zero attached hydrogens (tertiary/aromatic N) is 3. The van der Waals surface area contributed by atoms with Crippen molar-refractivity contribution in [3.63, 3.8) is 0 Å². The first-order valence-corrected chi connectivity index (χ1v) is 14.7. The molecule has 0 N–H and O–H groups in total. The fourth-order valence-corrected chi connectivity index (χ4v) is 7.05. The predicted molar refractivity (Wildman–Crippen MR) is 153 cm³/mol. The summed E-state index contributed by atoms with van der Waals surface area (Å²) in [5, 5.41) is 2.14. The number of methoxy groups -OCH3 is 1. The fraction of sp³-hybridized carbons (Fsp3) is 0.433. The largest absolute Gasteiger partial charge is 0.510 e. The van der Waals surface area contributed by atoms with E-state index in [-0.39, 0.29) is 29.6 Å². The maximum Gasteiger partial charge on any atom is 0.510 e. The Balaban J connectivity index is 1.75. The van der Waals surface area contributed by atoms with Crippen molar-refractivity contribution in [3.05, 3.63) is 81.3 Å². The summed E-state index contributed by atoms with van der Waals surface area (Å²) in [7, 11) is 1.16. The number of amides is 1. The van der Waals surface area contributed by atoms with E-state index < -0.39 is 25.1 Å². The van der Waals surface area contributed by atoms with E-state index >= 15 is 0 Å². The summed E-state index contributed by atoms with van der Waals surface area (Å²) in [6.07, 6.45) is 6.00. The highest BCUT2D eigenvalue weighted by Crippen LogP contribution is 2.45. The number of hydrogen-bond donors (Lipinski definition) is 0. The Bertz CT molecular complexity index is 1440. The van der Waals surface area contributed by atoms with Gasteiger partial charge in [-0.25, -0.2) is 9.18 Å². The Hall–Kier alpha value is -3.73. The van der Waals surface area contributed by atoms with Crippen LogP contribution < -0.4 is 15.2 Å². The smallest absolute Gasteiger partial charge is 0.451 e. The Labute approximate surface area is 242 Å². The van der Waals surface area contributed by atoms with Gasteiger partial charge >= 0.3 is 6.16 Å². The van der Waals surface area contributed by atoms with Crippen LogP contribution in [0, 0.1) is 5.92 Å². The van der Waals surface area contributed by atoms with E-state index in [2.05, 4.69) is 35.7 Å². The van der Waals surface area contributed by atoms with Crippen molar-refractivity contribution in [3.8, 4) is 5.75 Å². The molecule has 2 aromatic rings. The van der Waals surface area contributed by atoms with Crippen molar-refractivity contribution in [2.24, 2.45) is 5.92 Å². The van der Waals surface area contributed by atoms with E-state index in [0.717, 1.165) is 41.7 Å². The highest BCUT2D eigenvalue weighted by molar-refractivity contribution is 7.99. The molecule has 1 aromatic carbocycles. The van der Waals surface area contributed by atoms with Crippen LogP contribution in [0.4, 0.5) is 9.18 Å². The standard InChI is InChI=1S/C30H34FN3O6S/c1-4-20-17-41-24-10-6-5-8-22(24)26(21(20)9-7-13-31)34-25-16-19(2)11-14-32(25)29(36)27-28(23(35)12-15-33(27)34)39-18-40-30(37)38-3/h5-10,12,15,19,25-26H,4,11,13-14,16-18H2,1-3H3/b9-7-/t19-,25-,26+/m1/s1. The fourth-order valence-electron chi connectivity index (χ4n) is 5.83. The Morgan fingerprint density at radius 3 is 2.78 bits per heavy atom. The summed E-state index contributed by atoms with van der Waals surface area (Å²) < 4.78 is 30.3. The molecule has 9 nitrogen and oxygen atoms in total. The molecule has 5 rings (SSSR count). The van der Waals surface area contributed by atoms with Gasteiger partial charge in [-0.05, 0) is 42.4 Å². The molecule has 218 valence electrons. The monoisotopic (exact) mass is 583 g/mol. The molecule has 0 radical (unpaired) electrons. The maximum absolute atomic E-state index is 14.0. The van der Waals surface area contributed by atoms with Crippen molar-refractivity contribution in [1.29, 1.82) is 0 Å². The van der Waals surface area contributed by atoms with E-state index in [1.807, 2.05) is 18.2 Å². The van der Waals surface area contributed by atoms with Crippen LogP contribution in [0.25, 0.3) is 0 Å². The third-order valence-electron chi connectivity index (χ3n) is 7.83. The first kappa shape index (κ1) is 28.8. The van der Waals surface area contributed by atoms with Crippen LogP contribution in [0.5, 0.6) is 5.75 Å². The van der Waals surface area contributed by atoms with Crippen molar-refractivity contribution in [2.45, 2.75) is 50.2 Å². The van der Waals surface area contributed by atoms with E-state index in [1.54, 1.807) is 27.5 Å². The van der Waals surface area contributed by atoms with Crippen LogP contribution >= 0.6 is 11.8 Å². The lowest BCUT2D eigenvalue weighted by Gasteiger charge is -2.53. The van der Waals surface area contributed by atoms with Crippen molar-refractivity contribution in [2.75, 3.05) is 37.9 Å². The number of thioether (sulfide) groups is 1. The third-order valence-corrected chi connectivity index (χ3v) is 9.01. The lowest BCUT2D eigenvalue weighted by Crippen LogP contribution is -2.64. The number of carbonyl (C=O) groups excluding carboxylic acids is 2. The number of aromatic nitrogens is 1. The van der Waals surface area contributed by atoms with Crippen LogP contribution in [0.15, 0.2) is 69.5 Å². The van der Waals surface area contributed by atoms with Crippen LogP contribution in [-0.2, 0) is 9.47 Å². The zero-order valence-electron chi connectivity index (χ0n) is 23.4. The Morgan fingerprint density at radius 2 is 2.02 bits per heavy atom. The first-order valence-electron chi connectivity index (χ1n) is 13.7. The number of rotatable bonds is 7. The van der Waals surface area contributed by atoms with Gasteiger partial charge < -0.3 is 19.1 Å². The number of hydrogen-bond acceptors (Lipinski definition) is 8. The Kier molecular flexibility index (Phi) is 8.72. The van der Waals surface area contributed by atoms with Crippen molar-refractivity contribution < 1.29 is 28.2 Å². The summed E-state index contributed by atoms with van der Waals surface area (Å²) in [5.41, 5.74) is 2.72. The number of ether oxygens (including phenoxy) is 3. The minimum Gasteiger partial charge on any atom is -0.451 e. The van der Waals surface area contributed by atoms with E-state index in [4.69, 9.17) is 9.47 Å². The maximum atomic E-state index is 14.0. The molecular weight excluding hydrogens is 549 g/mol. The molecule has 0 saturated carbocycles. The zero-order chi connectivity index (χ0) is 29.1. The second-order valence-corrected chi connectivity index (χ2v) is 11.3. The SMILES string of the molecule is CCC1=C(/C=C\CF)[C@H](N2[C@@H]3C[C@H](C)CCN3C(=O)c3c(OCOC(=O)OC)c(=O)ccn32)c2ccccc2SC1. The van der Waals surface area contributed by atoms with Crippen LogP contribution in [0.3, 0.4) is 0 Å². The molecule has 1 fully saturated rings. The Morgan fingerprint density at radius 1 is 1.22 bits per heavy atom. The van der Waals surface area contributed by atoms with Crippen molar-refractivity contribution >= 4 is 23.8 Å². The lowest BCUT2D eigenvalue weighted by molar-refractivity contribution is 0.0122. The molecular formula is C30H34FN3O6S.